The number of rotatable bonds is 5. The van der Waals surface area contributed by atoms with E-state index in [2.05, 4.69) is 46.0 Å². The van der Waals surface area contributed by atoms with Crippen LogP contribution in [0.2, 0.25) is 0 Å². The van der Waals surface area contributed by atoms with Gasteiger partial charge in [-0.05, 0) is 57.1 Å². The Bertz CT molecular complexity index is 499. The second-order valence-electron chi connectivity index (χ2n) is 5.84. The highest BCUT2D eigenvalue weighted by Gasteiger charge is 2.23. The molecule has 4 nitrogen and oxygen atoms in total. The third kappa shape index (κ3) is 4.53. The van der Waals surface area contributed by atoms with E-state index in [1.165, 1.54) is 11.1 Å². The van der Waals surface area contributed by atoms with Crippen LogP contribution in [0.1, 0.15) is 24.0 Å². The van der Waals surface area contributed by atoms with Crippen LogP contribution >= 0.6 is 15.9 Å². The Hall–Kier alpha value is -0.910. The molecule has 1 heterocycles. The summed E-state index contributed by atoms with van der Waals surface area (Å²) in [4.78, 5) is 15.2. The first-order chi connectivity index (χ1) is 9.97. The highest BCUT2D eigenvalue weighted by molar-refractivity contribution is 9.10. The fourth-order valence-corrected chi connectivity index (χ4v) is 3.33. The lowest BCUT2D eigenvalue weighted by Gasteiger charge is -2.36. The molecule has 116 valence electrons. The topological polar surface area (TPSA) is 43.8 Å². The number of piperidine rings is 1. The van der Waals surface area contributed by atoms with Crippen molar-refractivity contribution in [3.8, 4) is 0 Å². The molecule has 1 fully saturated rings. The number of halogens is 1. The third-order valence-electron chi connectivity index (χ3n) is 4.34. The summed E-state index contributed by atoms with van der Waals surface area (Å²) < 4.78 is 1.16. The fraction of sp³-hybridized carbons (Fsp3) is 0.562. The zero-order valence-electron chi connectivity index (χ0n) is 12.7. The molecule has 1 saturated heterocycles. The number of likely N-dealkylation sites (tertiary alicyclic amines) is 1. The van der Waals surface area contributed by atoms with Crippen molar-refractivity contribution in [3.05, 3.63) is 33.8 Å². The number of carboxylic acids is 1. The van der Waals surface area contributed by atoms with Gasteiger partial charge in [0, 0.05) is 17.1 Å². The third-order valence-corrected chi connectivity index (χ3v) is 5.20. The first-order valence-corrected chi connectivity index (χ1v) is 8.15. The van der Waals surface area contributed by atoms with E-state index in [0.29, 0.717) is 6.04 Å². The van der Waals surface area contributed by atoms with E-state index in [-0.39, 0.29) is 6.54 Å². The molecule has 1 N–H and O–H groups in total. The Labute approximate surface area is 134 Å². The zero-order chi connectivity index (χ0) is 15.4. The van der Waals surface area contributed by atoms with Gasteiger partial charge in [-0.1, -0.05) is 28.1 Å². The van der Waals surface area contributed by atoms with Gasteiger partial charge in [0.2, 0.25) is 0 Å². The zero-order valence-corrected chi connectivity index (χ0v) is 14.3. The minimum Gasteiger partial charge on any atom is -0.480 e. The average molecular weight is 355 g/mol. The molecule has 0 aliphatic carbocycles. The molecule has 5 heteroatoms. The molecule has 0 radical (unpaired) electrons. The lowest BCUT2D eigenvalue weighted by molar-refractivity contribution is -0.138. The summed E-state index contributed by atoms with van der Waals surface area (Å²) in [6.07, 6.45) is 2.08. The quantitative estimate of drug-likeness (QED) is 0.882. The van der Waals surface area contributed by atoms with Gasteiger partial charge in [-0.3, -0.25) is 14.6 Å². The maximum atomic E-state index is 10.8. The molecule has 2 rings (SSSR count). The average Bonchev–Trinajstić information content (AvgIpc) is 2.44. The van der Waals surface area contributed by atoms with Gasteiger partial charge in [0.15, 0.2) is 0 Å². The second kappa shape index (κ2) is 7.38. The molecule has 0 amide bonds. The Morgan fingerprint density at radius 3 is 2.71 bits per heavy atom. The number of carbonyl (C=O) groups is 1. The Morgan fingerprint density at radius 1 is 1.43 bits per heavy atom. The molecule has 0 bridgehead atoms. The van der Waals surface area contributed by atoms with Crippen LogP contribution in [0.4, 0.5) is 0 Å². The van der Waals surface area contributed by atoms with Crippen molar-refractivity contribution in [1.29, 1.82) is 0 Å². The van der Waals surface area contributed by atoms with Crippen LogP contribution in [0.5, 0.6) is 0 Å². The summed E-state index contributed by atoms with van der Waals surface area (Å²) in [5.41, 5.74) is 2.67. The van der Waals surface area contributed by atoms with Gasteiger partial charge in [0.05, 0.1) is 6.54 Å². The minimum absolute atomic E-state index is 0.134. The number of aliphatic carboxylic acids is 1. The van der Waals surface area contributed by atoms with Gasteiger partial charge in [-0.2, -0.15) is 0 Å². The molecule has 0 saturated carbocycles. The standard InChI is InChI=1S/C16H23BrN2O2/c1-12-13(4-3-5-15(12)17)10-19-8-6-14(7-9-19)18(2)11-16(20)21/h3-5,14H,6-11H2,1-2H3,(H,20,21). The van der Waals surface area contributed by atoms with Crippen molar-refractivity contribution in [2.75, 3.05) is 26.7 Å². The van der Waals surface area contributed by atoms with E-state index < -0.39 is 5.97 Å². The van der Waals surface area contributed by atoms with Crippen molar-refractivity contribution in [2.24, 2.45) is 0 Å². The van der Waals surface area contributed by atoms with Crippen LogP contribution in [0.3, 0.4) is 0 Å². The molecule has 1 aliphatic heterocycles. The molecule has 1 aromatic carbocycles. The van der Waals surface area contributed by atoms with Crippen LogP contribution in [-0.2, 0) is 11.3 Å². The Morgan fingerprint density at radius 2 is 2.10 bits per heavy atom. The molecular formula is C16H23BrN2O2. The normalized spacial score (nSPS) is 17.3. The number of likely N-dealkylation sites (N-methyl/N-ethyl adjacent to an activating group) is 1. The molecular weight excluding hydrogens is 332 g/mol. The van der Waals surface area contributed by atoms with Crippen molar-refractivity contribution in [1.82, 2.24) is 9.80 Å². The van der Waals surface area contributed by atoms with E-state index >= 15 is 0 Å². The number of hydrogen-bond acceptors (Lipinski definition) is 3. The first-order valence-electron chi connectivity index (χ1n) is 7.35. The lowest BCUT2D eigenvalue weighted by atomic mass is 10.0. The second-order valence-corrected chi connectivity index (χ2v) is 6.69. The summed E-state index contributed by atoms with van der Waals surface area (Å²) in [5.74, 6) is -0.746. The number of nitrogens with zero attached hydrogens (tertiary/aromatic N) is 2. The van der Waals surface area contributed by atoms with Gasteiger partial charge in [-0.15, -0.1) is 0 Å². The van der Waals surface area contributed by atoms with Crippen molar-refractivity contribution >= 4 is 21.9 Å². The highest BCUT2D eigenvalue weighted by atomic mass is 79.9. The summed E-state index contributed by atoms with van der Waals surface area (Å²) in [6, 6.07) is 6.73. The Kier molecular flexibility index (Phi) is 5.79. The number of carboxylic acid groups (broad SMARTS) is 1. The Balaban J connectivity index is 1.87. The van der Waals surface area contributed by atoms with E-state index in [9.17, 15) is 4.79 Å². The van der Waals surface area contributed by atoms with Crippen LogP contribution in [0.25, 0.3) is 0 Å². The SMILES string of the molecule is Cc1c(Br)cccc1CN1CCC(N(C)CC(=O)O)CC1. The summed E-state index contributed by atoms with van der Waals surface area (Å²) in [7, 11) is 1.91. The molecule has 0 spiro atoms. The van der Waals surface area contributed by atoms with Crippen molar-refractivity contribution in [3.63, 3.8) is 0 Å². The maximum absolute atomic E-state index is 10.8. The molecule has 0 unspecified atom stereocenters. The first kappa shape index (κ1) is 16.5. The summed E-state index contributed by atoms with van der Waals surface area (Å²) in [5, 5.41) is 8.86. The van der Waals surface area contributed by atoms with E-state index in [1.54, 1.807) is 0 Å². The van der Waals surface area contributed by atoms with E-state index in [0.717, 1.165) is 36.9 Å². The predicted molar refractivity (Wildman–Crippen MR) is 87.4 cm³/mol. The van der Waals surface area contributed by atoms with Gasteiger partial charge in [-0.25, -0.2) is 0 Å². The van der Waals surface area contributed by atoms with Crippen molar-refractivity contribution in [2.45, 2.75) is 32.4 Å². The predicted octanol–water partition coefficient (Wildman–Crippen LogP) is 2.74. The monoisotopic (exact) mass is 354 g/mol. The molecule has 0 aromatic heterocycles. The lowest BCUT2D eigenvalue weighted by Crippen LogP contribution is -2.44. The molecule has 21 heavy (non-hydrogen) atoms. The van der Waals surface area contributed by atoms with E-state index in [1.807, 2.05) is 11.9 Å². The number of benzene rings is 1. The van der Waals surface area contributed by atoms with Gasteiger partial charge in [0.1, 0.15) is 0 Å². The summed E-state index contributed by atoms with van der Waals surface area (Å²) in [6.45, 7) is 5.31. The maximum Gasteiger partial charge on any atom is 0.317 e. The molecule has 1 aliphatic rings. The highest BCUT2D eigenvalue weighted by Crippen LogP contribution is 2.23. The van der Waals surface area contributed by atoms with E-state index in [4.69, 9.17) is 5.11 Å². The minimum atomic E-state index is -0.746. The van der Waals surface area contributed by atoms with Crippen LogP contribution in [0.15, 0.2) is 22.7 Å². The van der Waals surface area contributed by atoms with Crippen LogP contribution in [0, 0.1) is 6.92 Å². The summed E-state index contributed by atoms with van der Waals surface area (Å²) >= 11 is 3.58. The van der Waals surface area contributed by atoms with Crippen LogP contribution < -0.4 is 0 Å². The van der Waals surface area contributed by atoms with Gasteiger partial charge >= 0.3 is 5.97 Å². The van der Waals surface area contributed by atoms with Crippen molar-refractivity contribution < 1.29 is 9.90 Å². The number of hydrogen-bond donors (Lipinski definition) is 1. The molecule has 1 aromatic rings. The fourth-order valence-electron chi connectivity index (χ4n) is 2.92. The smallest absolute Gasteiger partial charge is 0.317 e. The van der Waals surface area contributed by atoms with Gasteiger partial charge < -0.3 is 5.11 Å². The van der Waals surface area contributed by atoms with Crippen LogP contribution in [-0.4, -0.2) is 53.6 Å². The largest absolute Gasteiger partial charge is 0.480 e. The molecule has 0 atom stereocenters. The van der Waals surface area contributed by atoms with Gasteiger partial charge in [0.25, 0.3) is 0 Å².